The third kappa shape index (κ3) is 2.64. The molecule has 0 N–H and O–H groups in total. The Balaban J connectivity index is 2.20. The third-order valence-corrected chi connectivity index (χ3v) is 2.36. The topological polar surface area (TPSA) is 26.3 Å². The summed E-state index contributed by atoms with van der Waals surface area (Å²) in [4.78, 5) is 11.5. The van der Waals surface area contributed by atoms with E-state index in [2.05, 4.69) is 12.6 Å². The van der Waals surface area contributed by atoms with Gasteiger partial charge < -0.3 is 4.74 Å². The number of thiol groups is 1. The number of carbonyl (C=O) groups excluding carboxylic acids is 1. The van der Waals surface area contributed by atoms with Gasteiger partial charge in [0.2, 0.25) is 0 Å². The number of hydrogen-bond donors (Lipinski definition) is 1. The van der Waals surface area contributed by atoms with Gasteiger partial charge in [0.15, 0.2) is 0 Å². The predicted molar refractivity (Wildman–Crippen MR) is 65.6 cm³/mol. The van der Waals surface area contributed by atoms with E-state index in [-0.39, 0.29) is 0 Å². The van der Waals surface area contributed by atoms with E-state index in [0.29, 0.717) is 11.3 Å². The highest BCUT2D eigenvalue weighted by atomic mass is 32.1. The summed E-state index contributed by atoms with van der Waals surface area (Å²) in [6, 6.07) is 14.4. The molecule has 0 saturated heterocycles. The second-order valence-corrected chi connectivity index (χ2v) is 3.80. The van der Waals surface area contributed by atoms with E-state index in [1.165, 1.54) is 0 Å². The highest BCUT2D eigenvalue weighted by Gasteiger charge is 1.98. The molecule has 0 radical (unpaired) electrons. The van der Waals surface area contributed by atoms with Crippen LogP contribution in [-0.4, -0.2) is 6.29 Å². The van der Waals surface area contributed by atoms with E-state index in [4.69, 9.17) is 4.74 Å². The first kappa shape index (κ1) is 10.8. The van der Waals surface area contributed by atoms with Gasteiger partial charge in [-0.25, -0.2) is 0 Å². The number of benzene rings is 2. The highest BCUT2D eigenvalue weighted by molar-refractivity contribution is 7.80. The molecule has 0 saturated carbocycles. The summed E-state index contributed by atoms with van der Waals surface area (Å²) in [5, 5.41) is 0. The van der Waals surface area contributed by atoms with Crippen molar-refractivity contribution in [3.8, 4) is 11.5 Å². The van der Waals surface area contributed by atoms with E-state index < -0.39 is 0 Å². The molecule has 2 rings (SSSR count). The average molecular weight is 230 g/mol. The number of hydrogen-bond acceptors (Lipinski definition) is 3. The molecule has 2 aromatic carbocycles. The molecule has 0 aliphatic rings. The van der Waals surface area contributed by atoms with Crippen molar-refractivity contribution < 1.29 is 9.53 Å². The zero-order valence-electron chi connectivity index (χ0n) is 8.46. The summed E-state index contributed by atoms with van der Waals surface area (Å²) in [5.74, 6) is 1.37. The van der Waals surface area contributed by atoms with Crippen LogP contribution < -0.4 is 4.74 Å². The van der Waals surface area contributed by atoms with Crippen LogP contribution in [0.25, 0.3) is 0 Å². The van der Waals surface area contributed by atoms with Crippen molar-refractivity contribution in [1.82, 2.24) is 0 Å². The van der Waals surface area contributed by atoms with Gasteiger partial charge in [0.25, 0.3) is 0 Å². The fourth-order valence-electron chi connectivity index (χ4n) is 1.30. The molecule has 0 atom stereocenters. The molecule has 2 aromatic rings. The Labute approximate surface area is 99.3 Å². The summed E-state index contributed by atoms with van der Waals surface area (Å²) in [5.41, 5.74) is 0.600. The van der Waals surface area contributed by atoms with Crippen molar-refractivity contribution >= 4 is 18.9 Å². The number of ether oxygens (including phenoxy) is 1. The third-order valence-electron chi connectivity index (χ3n) is 2.07. The highest BCUT2D eigenvalue weighted by Crippen LogP contribution is 2.22. The van der Waals surface area contributed by atoms with Gasteiger partial charge in [-0.2, -0.15) is 0 Å². The van der Waals surface area contributed by atoms with Crippen molar-refractivity contribution in [2.75, 3.05) is 0 Å². The van der Waals surface area contributed by atoms with Crippen LogP contribution in [0.4, 0.5) is 0 Å². The average Bonchev–Trinajstić information content (AvgIpc) is 2.32. The van der Waals surface area contributed by atoms with Gasteiger partial charge in [-0.05, 0) is 36.4 Å². The van der Waals surface area contributed by atoms with E-state index in [0.717, 1.165) is 16.9 Å². The minimum Gasteiger partial charge on any atom is -0.457 e. The molecule has 80 valence electrons. The molecule has 0 heterocycles. The van der Waals surface area contributed by atoms with Gasteiger partial charge in [0.05, 0.1) is 0 Å². The lowest BCUT2D eigenvalue weighted by Crippen LogP contribution is -1.85. The lowest BCUT2D eigenvalue weighted by molar-refractivity contribution is 0.112. The first-order valence-corrected chi connectivity index (χ1v) is 5.25. The summed E-state index contributed by atoms with van der Waals surface area (Å²) in [7, 11) is 0. The maximum Gasteiger partial charge on any atom is 0.150 e. The summed E-state index contributed by atoms with van der Waals surface area (Å²) < 4.78 is 5.58. The quantitative estimate of drug-likeness (QED) is 0.644. The molecule has 0 aliphatic carbocycles. The Hall–Kier alpha value is -1.74. The molecule has 0 aliphatic heterocycles. The smallest absolute Gasteiger partial charge is 0.150 e. The first-order valence-electron chi connectivity index (χ1n) is 4.80. The Bertz CT molecular complexity index is 492. The van der Waals surface area contributed by atoms with Crippen LogP contribution in [0.15, 0.2) is 53.4 Å². The molecular weight excluding hydrogens is 220 g/mol. The van der Waals surface area contributed by atoms with Crippen LogP contribution in [0.5, 0.6) is 11.5 Å². The predicted octanol–water partition coefficient (Wildman–Crippen LogP) is 3.58. The molecule has 16 heavy (non-hydrogen) atoms. The minimum absolute atomic E-state index is 0.600. The minimum atomic E-state index is 0.600. The van der Waals surface area contributed by atoms with Crippen LogP contribution >= 0.6 is 12.6 Å². The number of aldehydes is 1. The molecule has 0 spiro atoms. The molecule has 2 nitrogen and oxygen atoms in total. The first-order chi connectivity index (χ1) is 7.78. The zero-order chi connectivity index (χ0) is 11.4. The van der Waals surface area contributed by atoms with Crippen molar-refractivity contribution in [3.63, 3.8) is 0 Å². The van der Waals surface area contributed by atoms with Gasteiger partial charge in [-0.15, -0.1) is 12.6 Å². The Morgan fingerprint density at radius 3 is 2.44 bits per heavy atom. The van der Waals surface area contributed by atoms with Crippen molar-refractivity contribution in [1.29, 1.82) is 0 Å². The van der Waals surface area contributed by atoms with Gasteiger partial charge in [0, 0.05) is 10.5 Å². The maximum absolute atomic E-state index is 10.6. The van der Waals surface area contributed by atoms with Crippen LogP contribution in [0, 0.1) is 0 Å². The number of rotatable bonds is 3. The van der Waals surface area contributed by atoms with Crippen molar-refractivity contribution in [3.05, 3.63) is 54.1 Å². The molecule has 3 heteroatoms. The zero-order valence-corrected chi connectivity index (χ0v) is 9.35. The molecule has 0 unspecified atom stereocenters. The normalized spacial score (nSPS) is 9.81. The van der Waals surface area contributed by atoms with Gasteiger partial charge in [0.1, 0.15) is 17.8 Å². The molecule has 0 amide bonds. The monoisotopic (exact) mass is 230 g/mol. The van der Waals surface area contributed by atoms with Crippen LogP contribution in [-0.2, 0) is 0 Å². The Morgan fingerprint density at radius 1 is 1.00 bits per heavy atom. The second-order valence-electron chi connectivity index (χ2n) is 3.29. The van der Waals surface area contributed by atoms with Gasteiger partial charge >= 0.3 is 0 Å². The van der Waals surface area contributed by atoms with Crippen LogP contribution in [0.2, 0.25) is 0 Å². The largest absolute Gasteiger partial charge is 0.457 e. The summed E-state index contributed by atoms with van der Waals surface area (Å²) >= 11 is 4.19. The molecule has 0 bridgehead atoms. The van der Waals surface area contributed by atoms with Crippen molar-refractivity contribution in [2.45, 2.75) is 4.90 Å². The SMILES string of the molecule is O=Cc1cccc(Oc2ccc(S)cc2)c1. The van der Waals surface area contributed by atoms with E-state index in [1.54, 1.807) is 18.2 Å². The van der Waals surface area contributed by atoms with Gasteiger partial charge in [-0.1, -0.05) is 12.1 Å². The Morgan fingerprint density at radius 2 is 1.75 bits per heavy atom. The van der Waals surface area contributed by atoms with E-state index in [9.17, 15) is 4.79 Å². The lowest BCUT2D eigenvalue weighted by Gasteiger charge is -2.05. The summed E-state index contributed by atoms with van der Waals surface area (Å²) in [6.45, 7) is 0. The molecular formula is C13H10O2S. The van der Waals surface area contributed by atoms with Gasteiger partial charge in [-0.3, -0.25) is 4.79 Å². The maximum atomic E-state index is 10.6. The fraction of sp³-hybridized carbons (Fsp3) is 0. The van der Waals surface area contributed by atoms with E-state index in [1.807, 2.05) is 30.3 Å². The molecule has 0 fully saturated rings. The van der Waals surface area contributed by atoms with Crippen LogP contribution in [0.3, 0.4) is 0 Å². The van der Waals surface area contributed by atoms with Crippen molar-refractivity contribution in [2.24, 2.45) is 0 Å². The Kier molecular flexibility index (Phi) is 3.27. The standard InChI is InChI=1S/C13H10O2S/c14-9-10-2-1-3-12(8-10)15-11-4-6-13(16)7-5-11/h1-9,16H. The van der Waals surface area contributed by atoms with E-state index >= 15 is 0 Å². The molecule has 0 aromatic heterocycles. The van der Waals surface area contributed by atoms with Crippen LogP contribution in [0.1, 0.15) is 10.4 Å². The lowest BCUT2D eigenvalue weighted by atomic mass is 10.2. The fourth-order valence-corrected chi connectivity index (χ4v) is 1.45. The number of carbonyl (C=O) groups is 1. The second kappa shape index (κ2) is 4.86. The summed E-state index contributed by atoms with van der Waals surface area (Å²) in [6.07, 6.45) is 0.795.